The molecule has 0 bridgehead atoms. The van der Waals surface area contributed by atoms with Crippen molar-refractivity contribution in [2.24, 2.45) is 0 Å². The zero-order valence-electron chi connectivity index (χ0n) is 19.1. The standard InChI is InChI=1S/C25H25ClN2O5S/c1-14-10-19(8-9-21(14)24(29)27-17(4)25(30)31)18-6-5-7-20(13-18)28-34(32,33)23-12-15(2)22(26)11-16(23)3/h5-13,17,28H,1-4H3,(H,27,29)(H,30,31)/t17-/m0/s1. The third kappa shape index (κ3) is 5.58. The van der Waals surface area contributed by atoms with Crippen molar-refractivity contribution in [3.8, 4) is 11.1 Å². The maximum Gasteiger partial charge on any atom is 0.325 e. The minimum atomic E-state index is -3.84. The van der Waals surface area contributed by atoms with Crippen LogP contribution in [0, 0.1) is 20.8 Å². The smallest absolute Gasteiger partial charge is 0.325 e. The van der Waals surface area contributed by atoms with Crippen molar-refractivity contribution in [1.29, 1.82) is 0 Å². The molecule has 3 aromatic rings. The summed E-state index contributed by atoms with van der Waals surface area (Å²) in [5, 5.41) is 11.9. The summed E-state index contributed by atoms with van der Waals surface area (Å²) in [7, 11) is -3.84. The molecule has 0 aromatic heterocycles. The molecule has 34 heavy (non-hydrogen) atoms. The molecule has 0 saturated heterocycles. The number of carbonyl (C=O) groups is 2. The maximum absolute atomic E-state index is 13.0. The lowest BCUT2D eigenvalue weighted by Gasteiger charge is -2.14. The maximum atomic E-state index is 13.0. The summed E-state index contributed by atoms with van der Waals surface area (Å²) in [5.41, 5.74) is 4.14. The number of carbonyl (C=O) groups excluding carboxylic acids is 1. The predicted molar refractivity (Wildman–Crippen MR) is 133 cm³/mol. The molecule has 3 N–H and O–H groups in total. The second-order valence-electron chi connectivity index (χ2n) is 8.12. The molecular weight excluding hydrogens is 476 g/mol. The van der Waals surface area contributed by atoms with Gasteiger partial charge in [0.25, 0.3) is 15.9 Å². The van der Waals surface area contributed by atoms with Crippen LogP contribution >= 0.6 is 11.6 Å². The molecule has 0 aliphatic carbocycles. The number of aliphatic carboxylic acids is 1. The average Bonchev–Trinajstić information content (AvgIpc) is 2.75. The molecule has 178 valence electrons. The van der Waals surface area contributed by atoms with E-state index in [1.807, 2.05) is 6.07 Å². The Morgan fingerprint density at radius 3 is 2.24 bits per heavy atom. The number of hydrogen-bond acceptors (Lipinski definition) is 4. The molecule has 0 spiro atoms. The van der Waals surface area contributed by atoms with Gasteiger partial charge in [-0.3, -0.25) is 14.3 Å². The van der Waals surface area contributed by atoms with Gasteiger partial charge in [-0.25, -0.2) is 8.42 Å². The fraction of sp³-hybridized carbons (Fsp3) is 0.200. The summed E-state index contributed by atoms with van der Waals surface area (Å²) in [6, 6.07) is 14.2. The van der Waals surface area contributed by atoms with Gasteiger partial charge in [0, 0.05) is 16.3 Å². The summed E-state index contributed by atoms with van der Waals surface area (Å²) in [4.78, 5) is 23.5. The quantitative estimate of drug-likeness (QED) is 0.425. The van der Waals surface area contributed by atoms with Crippen molar-refractivity contribution in [2.75, 3.05) is 4.72 Å². The van der Waals surface area contributed by atoms with Crippen LogP contribution in [0.1, 0.15) is 34.0 Å². The first-order valence-electron chi connectivity index (χ1n) is 10.4. The highest BCUT2D eigenvalue weighted by Crippen LogP contribution is 2.28. The van der Waals surface area contributed by atoms with E-state index in [9.17, 15) is 18.0 Å². The molecule has 0 fully saturated rings. The third-order valence-electron chi connectivity index (χ3n) is 5.38. The number of nitrogens with one attached hydrogen (secondary N) is 2. The molecule has 1 atom stereocenters. The highest BCUT2D eigenvalue weighted by molar-refractivity contribution is 7.92. The van der Waals surface area contributed by atoms with Gasteiger partial charge in [0.15, 0.2) is 0 Å². The van der Waals surface area contributed by atoms with E-state index in [4.69, 9.17) is 16.7 Å². The molecule has 3 rings (SSSR count). The second-order valence-corrected chi connectivity index (χ2v) is 10.2. The number of amides is 1. The summed E-state index contributed by atoms with van der Waals surface area (Å²) in [6.45, 7) is 6.58. The van der Waals surface area contributed by atoms with Crippen molar-refractivity contribution in [3.63, 3.8) is 0 Å². The van der Waals surface area contributed by atoms with Crippen LogP contribution in [0.5, 0.6) is 0 Å². The van der Waals surface area contributed by atoms with Crippen LogP contribution in [0.25, 0.3) is 11.1 Å². The molecular formula is C25H25ClN2O5S. The van der Waals surface area contributed by atoms with Gasteiger partial charge >= 0.3 is 5.97 Å². The first kappa shape index (κ1) is 25.3. The number of benzene rings is 3. The van der Waals surface area contributed by atoms with Crippen LogP contribution in [-0.4, -0.2) is 31.4 Å². The average molecular weight is 501 g/mol. The van der Waals surface area contributed by atoms with Crippen molar-refractivity contribution in [2.45, 2.75) is 38.6 Å². The van der Waals surface area contributed by atoms with Gasteiger partial charge < -0.3 is 10.4 Å². The van der Waals surface area contributed by atoms with Gasteiger partial charge in [0.1, 0.15) is 6.04 Å². The van der Waals surface area contributed by atoms with E-state index in [0.717, 1.165) is 11.1 Å². The second kappa shape index (κ2) is 9.87. The summed E-state index contributed by atoms with van der Waals surface area (Å²) in [6.07, 6.45) is 0. The molecule has 1 amide bonds. The van der Waals surface area contributed by atoms with E-state index in [1.165, 1.54) is 6.92 Å². The molecule has 0 unspecified atom stereocenters. The Balaban J connectivity index is 1.87. The first-order chi connectivity index (χ1) is 15.9. The number of anilines is 1. The fourth-order valence-corrected chi connectivity index (χ4v) is 5.03. The van der Waals surface area contributed by atoms with E-state index >= 15 is 0 Å². The third-order valence-corrected chi connectivity index (χ3v) is 7.31. The first-order valence-corrected chi connectivity index (χ1v) is 12.3. The van der Waals surface area contributed by atoms with Crippen molar-refractivity contribution < 1.29 is 23.1 Å². The molecule has 0 radical (unpaired) electrons. The van der Waals surface area contributed by atoms with Crippen LogP contribution in [0.3, 0.4) is 0 Å². The fourth-order valence-electron chi connectivity index (χ4n) is 3.45. The SMILES string of the molecule is Cc1cc(S(=O)(=O)Nc2cccc(-c3ccc(C(=O)N[C@@H](C)C(=O)O)c(C)c3)c2)c(C)cc1Cl. The Morgan fingerprint density at radius 1 is 0.912 bits per heavy atom. The van der Waals surface area contributed by atoms with Crippen molar-refractivity contribution in [3.05, 3.63) is 81.9 Å². The molecule has 7 nitrogen and oxygen atoms in total. The molecule has 9 heteroatoms. The molecule has 3 aromatic carbocycles. The number of carboxylic acids is 1. The number of halogens is 1. The number of carboxylic acid groups (broad SMARTS) is 1. The number of aryl methyl sites for hydroxylation is 3. The zero-order chi connectivity index (χ0) is 25.2. The van der Waals surface area contributed by atoms with Crippen molar-refractivity contribution >= 4 is 39.2 Å². The largest absolute Gasteiger partial charge is 0.480 e. The van der Waals surface area contributed by atoms with Crippen LogP contribution in [0.2, 0.25) is 5.02 Å². The lowest BCUT2D eigenvalue weighted by Crippen LogP contribution is -2.38. The van der Waals surface area contributed by atoms with E-state index in [1.54, 1.807) is 69.3 Å². The Bertz CT molecular complexity index is 1390. The van der Waals surface area contributed by atoms with Crippen LogP contribution in [-0.2, 0) is 14.8 Å². The Labute approximate surface area is 203 Å². The van der Waals surface area contributed by atoms with E-state index in [-0.39, 0.29) is 4.90 Å². The van der Waals surface area contributed by atoms with E-state index in [2.05, 4.69) is 10.0 Å². The highest BCUT2D eigenvalue weighted by Gasteiger charge is 2.19. The summed E-state index contributed by atoms with van der Waals surface area (Å²) >= 11 is 6.10. The zero-order valence-corrected chi connectivity index (χ0v) is 20.7. The lowest BCUT2D eigenvalue weighted by atomic mass is 9.99. The molecule has 0 aliphatic rings. The Morgan fingerprint density at radius 2 is 1.59 bits per heavy atom. The number of rotatable bonds is 7. The molecule has 0 aliphatic heterocycles. The van der Waals surface area contributed by atoms with Crippen molar-refractivity contribution in [1.82, 2.24) is 5.32 Å². The topological polar surface area (TPSA) is 113 Å². The van der Waals surface area contributed by atoms with E-state index in [0.29, 0.717) is 33.0 Å². The van der Waals surface area contributed by atoms with Crippen LogP contribution < -0.4 is 10.0 Å². The molecule has 0 saturated carbocycles. The minimum Gasteiger partial charge on any atom is -0.480 e. The monoisotopic (exact) mass is 500 g/mol. The minimum absolute atomic E-state index is 0.154. The highest BCUT2D eigenvalue weighted by atomic mass is 35.5. The predicted octanol–water partition coefficient (Wildman–Crippen LogP) is 4.94. The van der Waals surface area contributed by atoms with Gasteiger partial charge in [0.2, 0.25) is 0 Å². The summed E-state index contributed by atoms with van der Waals surface area (Å²) in [5.74, 6) is -1.60. The summed E-state index contributed by atoms with van der Waals surface area (Å²) < 4.78 is 28.6. The van der Waals surface area contributed by atoms with Crippen LogP contribution in [0.4, 0.5) is 5.69 Å². The van der Waals surface area contributed by atoms with Gasteiger partial charge in [0.05, 0.1) is 4.90 Å². The van der Waals surface area contributed by atoms with E-state index < -0.39 is 27.9 Å². The lowest BCUT2D eigenvalue weighted by molar-refractivity contribution is -0.138. The number of sulfonamides is 1. The van der Waals surface area contributed by atoms with Gasteiger partial charge in [-0.15, -0.1) is 0 Å². The Hall–Kier alpha value is -3.36. The van der Waals surface area contributed by atoms with Gasteiger partial charge in [-0.2, -0.15) is 0 Å². The van der Waals surface area contributed by atoms with Crippen LogP contribution in [0.15, 0.2) is 59.5 Å². The number of hydrogen-bond donors (Lipinski definition) is 3. The van der Waals surface area contributed by atoms with Gasteiger partial charge in [-0.1, -0.05) is 35.9 Å². The normalized spacial score (nSPS) is 12.1. The van der Waals surface area contributed by atoms with Gasteiger partial charge in [-0.05, 0) is 85.8 Å². The Kier molecular flexibility index (Phi) is 7.33. The molecule has 0 heterocycles.